The van der Waals surface area contributed by atoms with E-state index in [4.69, 9.17) is 0 Å². The third kappa shape index (κ3) is 5.47. The van der Waals surface area contributed by atoms with Crippen LogP contribution in [0.4, 0.5) is 0 Å². The van der Waals surface area contributed by atoms with Crippen LogP contribution >= 0.6 is 12.6 Å². The van der Waals surface area contributed by atoms with Crippen LogP contribution in [0.1, 0.15) is 34.6 Å². The van der Waals surface area contributed by atoms with Crippen molar-refractivity contribution in [1.82, 2.24) is 5.32 Å². The van der Waals surface area contributed by atoms with Crippen molar-refractivity contribution in [3.8, 4) is 0 Å². The zero-order chi connectivity index (χ0) is 9.99. The van der Waals surface area contributed by atoms with Gasteiger partial charge in [-0.3, -0.25) is 4.79 Å². The molecule has 0 aromatic heterocycles. The van der Waals surface area contributed by atoms with Gasteiger partial charge in [-0.15, -0.1) is 0 Å². The Morgan fingerprint density at radius 1 is 1.25 bits per heavy atom. The Kier molecular flexibility index (Phi) is 3.63. The van der Waals surface area contributed by atoms with Crippen molar-refractivity contribution < 1.29 is 4.79 Å². The van der Waals surface area contributed by atoms with Crippen molar-refractivity contribution >= 4 is 18.5 Å². The SMILES string of the molecule is CC(C)(S)CNC(=O)C(C)(C)C. The van der Waals surface area contributed by atoms with Crippen LogP contribution in [0.3, 0.4) is 0 Å². The van der Waals surface area contributed by atoms with E-state index < -0.39 is 0 Å². The maximum atomic E-state index is 11.4. The predicted octanol–water partition coefficient (Wildman–Crippen LogP) is 1.86. The van der Waals surface area contributed by atoms with Gasteiger partial charge in [0.15, 0.2) is 0 Å². The molecule has 0 aromatic rings. The van der Waals surface area contributed by atoms with E-state index in [0.29, 0.717) is 6.54 Å². The minimum absolute atomic E-state index is 0.0737. The van der Waals surface area contributed by atoms with Crippen LogP contribution in [-0.2, 0) is 4.79 Å². The number of hydrogen-bond donors (Lipinski definition) is 2. The van der Waals surface area contributed by atoms with Gasteiger partial charge in [-0.1, -0.05) is 20.8 Å². The highest BCUT2D eigenvalue weighted by Crippen LogP contribution is 2.14. The molecule has 0 fully saturated rings. The smallest absolute Gasteiger partial charge is 0.225 e. The molecule has 1 amide bonds. The van der Waals surface area contributed by atoms with Gasteiger partial charge in [0.2, 0.25) is 5.91 Å². The zero-order valence-electron chi connectivity index (χ0n) is 8.56. The maximum Gasteiger partial charge on any atom is 0.225 e. The number of carbonyl (C=O) groups is 1. The van der Waals surface area contributed by atoms with Crippen LogP contribution in [0.2, 0.25) is 0 Å². The van der Waals surface area contributed by atoms with Crippen molar-refractivity contribution in [1.29, 1.82) is 0 Å². The predicted molar refractivity (Wildman–Crippen MR) is 55.5 cm³/mol. The van der Waals surface area contributed by atoms with Crippen molar-refractivity contribution in [2.75, 3.05) is 6.54 Å². The average molecular weight is 189 g/mol. The third-order valence-corrected chi connectivity index (χ3v) is 1.52. The number of nitrogens with one attached hydrogen (secondary N) is 1. The Hall–Kier alpha value is -0.180. The maximum absolute atomic E-state index is 11.4. The van der Waals surface area contributed by atoms with Gasteiger partial charge in [0, 0.05) is 16.7 Å². The van der Waals surface area contributed by atoms with Crippen LogP contribution in [0.25, 0.3) is 0 Å². The molecule has 0 saturated carbocycles. The molecule has 0 radical (unpaired) electrons. The first-order chi connectivity index (χ1) is 5.13. The number of carbonyl (C=O) groups excluding carboxylic acids is 1. The molecule has 2 nitrogen and oxygen atoms in total. The van der Waals surface area contributed by atoms with Gasteiger partial charge in [-0.05, 0) is 13.8 Å². The Morgan fingerprint density at radius 3 is 1.92 bits per heavy atom. The monoisotopic (exact) mass is 189 g/mol. The lowest BCUT2D eigenvalue weighted by atomic mass is 9.95. The van der Waals surface area contributed by atoms with Crippen molar-refractivity contribution in [2.24, 2.45) is 5.41 Å². The van der Waals surface area contributed by atoms with E-state index in [1.807, 2.05) is 34.6 Å². The summed E-state index contributed by atoms with van der Waals surface area (Å²) >= 11 is 4.31. The molecule has 0 unspecified atom stereocenters. The molecular formula is C9H19NOS. The Labute approximate surface area is 80.5 Å². The minimum atomic E-state index is -0.307. The van der Waals surface area contributed by atoms with Crippen LogP contribution in [0.5, 0.6) is 0 Å². The fraction of sp³-hybridized carbons (Fsp3) is 0.889. The number of thiol groups is 1. The Morgan fingerprint density at radius 2 is 1.67 bits per heavy atom. The molecule has 0 rings (SSSR count). The summed E-state index contributed by atoms with van der Waals surface area (Å²) in [4.78, 5) is 11.4. The lowest BCUT2D eigenvalue weighted by Crippen LogP contribution is -2.40. The summed E-state index contributed by atoms with van der Waals surface area (Å²) < 4.78 is -0.138. The van der Waals surface area contributed by atoms with E-state index in [9.17, 15) is 4.79 Å². The summed E-state index contributed by atoms with van der Waals surface area (Å²) in [7, 11) is 0. The molecule has 12 heavy (non-hydrogen) atoms. The second kappa shape index (κ2) is 3.69. The normalized spacial score (nSPS) is 12.8. The fourth-order valence-corrected chi connectivity index (χ4v) is 0.641. The lowest BCUT2D eigenvalue weighted by molar-refractivity contribution is -0.128. The van der Waals surface area contributed by atoms with Gasteiger partial charge in [0.1, 0.15) is 0 Å². The van der Waals surface area contributed by atoms with Crippen LogP contribution in [0, 0.1) is 5.41 Å². The molecule has 0 aliphatic rings. The summed E-state index contributed by atoms with van der Waals surface area (Å²) in [5.74, 6) is 0.0737. The van der Waals surface area contributed by atoms with Crippen molar-refractivity contribution in [3.05, 3.63) is 0 Å². The molecule has 0 bridgehead atoms. The first kappa shape index (κ1) is 11.8. The van der Waals surface area contributed by atoms with Crippen LogP contribution < -0.4 is 5.32 Å². The van der Waals surface area contributed by atoms with E-state index in [1.54, 1.807) is 0 Å². The van der Waals surface area contributed by atoms with Crippen LogP contribution in [-0.4, -0.2) is 17.2 Å². The highest BCUT2D eigenvalue weighted by molar-refractivity contribution is 7.81. The van der Waals surface area contributed by atoms with Crippen LogP contribution in [0.15, 0.2) is 0 Å². The quantitative estimate of drug-likeness (QED) is 0.638. The first-order valence-electron chi connectivity index (χ1n) is 4.13. The summed E-state index contributed by atoms with van der Waals surface area (Å²) in [6, 6.07) is 0. The molecule has 0 aliphatic carbocycles. The topological polar surface area (TPSA) is 29.1 Å². The second-order valence-corrected chi connectivity index (χ2v) is 5.96. The second-order valence-electron chi connectivity index (χ2n) is 4.75. The van der Waals surface area contributed by atoms with Gasteiger partial charge in [0.05, 0.1) is 0 Å². The van der Waals surface area contributed by atoms with Gasteiger partial charge in [-0.2, -0.15) is 12.6 Å². The highest BCUT2D eigenvalue weighted by atomic mass is 32.1. The molecule has 0 heterocycles. The third-order valence-electron chi connectivity index (χ3n) is 1.36. The largest absolute Gasteiger partial charge is 0.354 e. The Bertz CT molecular complexity index is 164. The molecule has 1 N–H and O–H groups in total. The molecule has 0 saturated heterocycles. The Balaban J connectivity index is 3.90. The first-order valence-corrected chi connectivity index (χ1v) is 4.58. The molecule has 72 valence electrons. The zero-order valence-corrected chi connectivity index (χ0v) is 9.46. The average Bonchev–Trinajstić information content (AvgIpc) is 1.78. The molecule has 0 atom stereocenters. The van der Waals surface area contributed by atoms with Gasteiger partial charge in [-0.25, -0.2) is 0 Å². The van der Waals surface area contributed by atoms with E-state index in [0.717, 1.165) is 0 Å². The highest BCUT2D eigenvalue weighted by Gasteiger charge is 2.22. The van der Waals surface area contributed by atoms with Crippen molar-refractivity contribution in [2.45, 2.75) is 39.4 Å². The van der Waals surface area contributed by atoms with E-state index >= 15 is 0 Å². The van der Waals surface area contributed by atoms with E-state index in [-0.39, 0.29) is 16.1 Å². The molecule has 0 aromatic carbocycles. The van der Waals surface area contributed by atoms with Gasteiger partial charge >= 0.3 is 0 Å². The number of hydrogen-bond acceptors (Lipinski definition) is 2. The number of amides is 1. The van der Waals surface area contributed by atoms with Gasteiger partial charge in [0.25, 0.3) is 0 Å². The van der Waals surface area contributed by atoms with E-state index in [2.05, 4.69) is 17.9 Å². The molecule has 0 spiro atoms. The summed E-state index contributed by atoms with van der Waals surface area (Å²) in [5, 5.41) is 2.85. The summed E-state index contributed by atoms with van der Waals surface area (Å²) in [6.07, 6.45) is 0. The summed E-state index contributed by atoms with van der Waals surface area (Å²) in [5.41, 5.74) is -0.307. The lowest BCUT2D eigenvalue weighted by Gasteiger charge is -2.22. The van der Waals surface area contributed by atoms with Crippen molar-refractivity contribution in [3.63, 3.8) is 0 Å². The van der Waals surface area contributed by atoms with Gasteiger partial charge < -0.3 is 5.32 Å². The molecule has 0 aliphatic heterocycles. The number of rotatable bonds is 2. The summed E-state index contributed by atoms with van der Waals surface area (Å²) in [6.45, 7) is 10.2. The fourth-order valence-electron chi connectivity index (χ4n) is 0.562. The molecular weight excluding hydrogens is 170 g/mol. The minimum Gasteiger partial charge on any atom is -0.354 e. The standard InChI is InChI=1S/C9H19NOS/c1-8(2,3)7(11)10-6-9(4,5)12/h12H,6H2,1-5H3,(H,10,11). The molecule has 3 heteroatoms. The van der Waals surface area contributed by atoms with E-state index in [1.165, 1.54) is 0 Å².